The second kappa shape index (κ2) is 7.07. The Bertz CT molecular complexity index is 812. The molecule has 1 N–H and O–H groups in total. The summed E-state index contributed by atoms with van der Waals surface area (Å²) in [4.78, 5) is 20.3. The van der Waals surface area contributed by atoms with E-state index in [1.165, 1.54) is 18.3 Å². The molecule has 4 nitrogen and oxygen atoms in total. The van der Waals surface area contributed by atoms with Crippen molar-refractivity contribution in [2.45, 2.75) is 6.04 Å². The third-order valence-electron chi connectivity index (χ3n) is 3.08. The van der Waals surface area contributed by atoms with Gasteiger partial charge in [0, 0.05) is 17.5 Å². The zero-order valence-corrected chi connectivity index (χ0v) is 12.8. The molecule has 2 aromatic rings. The Kier molecular flexibility index (Phi) is 4.69. The van der Waals surface area contributed by atoms with Crippen molar-refractivity contribution < 1.29 is 9.18 Å². The standard InChI is InChI=1S/C17H12FN3OS/c18-16-6-4-12(3-5-14-10-23-11-20-14)8-15(16)17(22)21-13-2-1-7-19-9-13/h1-2,4,6-9,11,14H,10H2,(H,21,22). The van der Waals surface area contributed by atoms with Gasteiger partial charge in [-0.1, -0.05) is 11.8 Å². The minimum Gasteiger partial charge on any atom is -0.320 e. The van der Waals surface area contributed by atoms with E-state index >= 15 is 0 Å². The normalized spacial score (nSPS) is 15.8. The molecule has 1 unspecified atom stereocenters. The fourth-order valence-corrected chi connectivity index (χ4v) is 2.62. The molecule has 0 radical (unpaired) electrons. The molecule has 1 aromatic carbocycles. The number of benzene rings is 1. The summed E-state index contributed by atoms with van der Waals surface area (Å²) in [6, 6.07) is 7.57. The van der Waals surface area contributed by atoms with E-state index in [0.717, 1.165) is 5.75 Å². The van der Waals surface area contributed by atoms with Gasteiger partial charge in [0.15, 0.2) is 0 Å². The highest BCUT2D eigenvalue weighted by atomic mass is 32.2. The number of amides is 1. The average Bonchev–Trinajstić information content (AvgIpc) is 3.08. The SMILES string of the molecule is O=C(Nc1cccnc1)c1cc(C#CC2CSC=N2)ccc1F. The number of hydrogen-bond acceptors (Lipinski definition) is 4. The van der Waals surface area contributed by atoms with Crippen LogP contribution < -0.4 is 5.32 Å². The van der Waals surface area contributed by atoms with Gasteiger partial charge >= 0.3 is 0 Å². The Morgan fingerprint density at radius 1 is 1.39 bits per heavy atom. The molecular weight excluding hydrogens is 313 g/mol. The van der Waals surface area contributed by atoms with Crippen LogP contribution in [0.4, 0.5) is 10.1 Å². The molecule has 1 amide bonds. The van der Waals surface area contributed by atoms with Gasteiger partial charge in [-0.2, -0.15) is 0 Å². The Morgan fingerprint density at radius 3 is 3.04 bits per heavy atom. The van der Waals surface area contributed by atoms with Gasteiger partial charge < -0.3 is 5.32 Å². The lowest BCUT2D eigenvalue weighted by atomic mass is 10.1. The van der Waals surface area contributed by atoms with Crippen LogP contribution in [-0.4, -0.2) is 28.2 Å². The van der Waals surface area contributed by atoms with E-state index in [1.54, 1.807) is 41.7 Å². The molecule has 1 aliphatic heterocycles. The highest BCUT2D eigenvalue weighted by Gasteiger charge is 2.13. The van der Waals surface area contributed by atoms with Crippen LogP contribution in [0.25, 0.3) is 0 Å². The van der Waals surface area contributed by atoms with Gasteiger partial charge in [0.05, 0.1) is 23.0 Å². The topological polar surface area (TPSA) is 54.4 Å². The van der Waals surface area contributed by atoms with Crippen molar-refractivity contribution in [1.29, 1.82) is 0 Å². The van der Waals surface area contributed by atoms with Gasteiger partial charge in [-0.15, -0.1) is 11.8 Å². The number of carbonyl (C=O) groups is 1. The van der Waals surface area contributed by atoms with E-state index in [2.05, 4.69) is 27.1 Å². The third-order valence-corrected chi connectivity index (χ3v) is 3.86. The van der Waals surface area contributed by atoms with E-state index in [-0.39, 0.29) is 11.6 Å². The second-order valence-electron chi connectivity index (χ2n) is 4.76. The summed E-state index contributed by atoms with van der Waals surface area (Å²) < 4.78 is 13.9. The largest absolute Gasteiger partial charge is 0.320 e. The van der Waals surface area contributed by atoms with Crippen molar-refractivity contribution in [2.24, 2.45) is 4.99 Å². The monoisotopic (exact) mass is 325 g/mol. The molecule has 0 fully saturated rings. The summed E-state index contributed by atoms with van der Waals surface area (Å²) in [5.74, 6) is 5.63. The first kappa shape index (κ1) is 15.3. The molecule has 0 spiro atoms. The lowest BCUT2D eigenvalue weighted by Crippen LogP contribution is -2.14. The summed E-state index contributed by atoms with van der Waals surface area (Å²) in [6.45, 7) is 0. The lowest BCUT2D eigenvalue weighted by molar-refractivity contribution is 0.102. The zero-order valence-electron chi connectivity index (χ0n) is 12.0. The van der Waals surface area contributed by atoms with Crippen LogP contribution >= 0.6 is 11.8 Å². The van der Waals surface area contributed by atoms with Crippen molar-refractivity contribution in [3.8, 4) is 11.8 Å². The smallest absolute Gasteiger partial charge is 0.258 e. The minimum atomic E-state index is -0.591. The van der Waals surface area contributed by atoms with Crippen LogP contribution in [0.5, 0.6) is 0 Å². The van der Waals surface area contributed by atoms with Crippen molar-refractivity contribution in [1.82, 2.24) is 4.98 Å². The van der Waals surface area contributed by atoms with Crippen LogP contribution in [0.2, 0.25) is 0 Å². The number of pyridine rings is 1. The third kappa shape index (κ3) is 3.96. The van der Waals surface area contributed by atoms with E-state index in [1.807, 2.05) is 0 Å². The maximum Gasteiger partial charge on any atom is 0.258 e. The van der Waals surface area contributed by atoms with Crippen LogP contribution in [0.1, 0.15) is 15.9 Å². The van der Waals surface area contributed by atoms with E-state index < -0.39 is 11.7 Å². The van der Waals surface area contributed by atoms with Gasteiger partial charge in [0.25, 0.3) is 5.91 Å². The van der Waals surface area contributed by atoms with Gasteiger partial charge in [-0.3, -0.25) is 14.8 Å². The van der Waals surface area contributed by atoms with Crippen LogP contribution in [0.3, 0.4) is 0 Å². The van der Waals surface area contributed by atoms with Crippen LogP contribution in [0, 0.1) is 17.7 Å². The van der Waals surface area contributed by atoms with Crippen molar-refractivity contribution >= 4 is 28.9 Å². The lowest BCUT2D eigenvalue weighted by Gasteiger charge is -2.06. The maximum absolute atomic E-state index is 13.9. The Hall–Kier alpha value is -2.65. The fraction of sp³-hybridized carbons (Fsp3) is 0.118. The first-order valence-corrected chi connectivity index (χ1v) is 7.93. The number of nitrogens with zero attached hydrogens (tertiary/aromatic N) is 2. The Balaban J connectivity index is 1.79. The molecule has 23 heavy (non-hydrogen) atoms. The molecule has 6 heteroatoms. The van der Waals surface area contributed by atoms with E-state index in [0.29, 0.717) is 11.3 Å². The minimum absolute atomic E-state index is 0.0438. The molecule has 0 saturated carbocycles. The highest BCUT2D eigenvalue weighted by Crippen LogP contribution is 2.14. The predicted octanol–water partition coefficient (Wildman–Crippen LogP) is 2.97. The van der Waals surface area contributed by atoms with E-state index in [4.69, 9.17) is 0 Å². The molecule has 1 atom stereocenters. The number of anilines is 1. The molecule has 0 saturated heterocycles. The number of rotatable bonds is 2. The second-order valence-corrected chi connectivity index (χ2v) is 5.64. The molecular formula is C17H12FN3OS. The molecule has 1 aromatic heterocycles. The van der Waals surface area contributed by atoms with Gasteiger partial charge in [0.1, 0.15) is 11.9 Å². The van der Waals surface area contributed by atoms with E-state index in [9.17, 15) is 9.18 Å². The summed E-state index contributed by atoms with van der Waals surface area (Å²) >= 11 is 1.60. The molecule has 1 aliphatic rings. The molecule has 114 valence electrons. The van der Waals surface area contributed by atoms with Crippen LogP contribution in [0.15, 0.2) is 47.7 Å². The summed E-state index contributed by atoms with van der Waals surface area (Å²) in [7, 11) is 0. The molecule has 3 rings (SSSR count). The number of aliphatic imine (C=N–C) groups is 1. The number of thioether (sulfide) groups is 1. The number of nitrogens with one attached hydrogen (secondary N) is 1. The number of halogens is 1. The maximum atomic E-state index is 13.9. The van der Waals surface area contributed by atoms with Gasteiger partial charge in [-0.05, 0) is 30.3 Å². The zero-order chi connectivity index (χ0) is 16.1. The quantitative estimate of drug-likeness (QED) is 0.864. The molecule has 0 aliphatic carbocycles. The first-order chi connectivity index (χ1) is 11.2. The summed E-state index contributed by atoms with van der Waals surface area (Å²) in [5.41, 5.74) is 2.81. The van der Waals surface area contributed by atoms with Crippen molar-refractivity contribution in [3.05, 3.63) is 59.7 Å². The van der Waals surface area contributed by atoms with Gasteiger partial charge in [-0.25, -0.2) is 4.39 Å². The van der Waals surface area contributed by atoms with Crippen molar-refractivity contribution in [3.63, 3.8) is 0 Å². The Morgan fingerprint density at radius 2 is 2.30 bits per heavy atom. The summed E-state index contributed by atoms with van der Waals surface area (Å²) in [6.07, 6.45) is 3.09. The highest BCUT2D eigenvalue weighted by molar-refractivity contribution is 8.12. The molecule has 0 bridgehead atoms. The van der Waals surface area contributed by atoms with Crippen molar-refractivity contribution in [2.75, 3.05) is 11.1 Å². The molecule has 2 heterocycles. The number of carbonyl (C=O) groups excluding carboxylic acids is 1. The van der Waals surface area contributed by atoms with Gasteiger partial charge in [0.2, 0.25) is 0 Å². The summed E-state index contributed by atoms with van der Waals surface area (Å²) in [5, 5.41) is 2.61. The first-order valence-electron chi connectivity index (χ1n) is 6.88. The number of aromatic nitrogens is 1. The predicted molar refractivity (Wildman–Crippen MR) is 90.2 cm³/mol. The van der Waals surface area contributed by atoms with Crippen LogP contribution in [-0.2, 0) is 0 Å². The fourth-order valence-electron chi connectivity index (χ4n) is 1.95. The average molecular weight is 325 g/mol. The number of hydrogen-bond donors (Lipinski definition) is 1. The Labute approximate surface area is 137 Å².